The number of phenolic OH excluding ortho intramolecular Hbond substituents is 1. The van der Waals surface area contributed by atoms with E-state index in [1.807, 2.05) is 88.5 Å². The predicted octanol–water partition coefficient (Wildman–Crippen LogP) is 7.55. The number of nitrogens with zero attached hydrogens (tertiary/aromatic N) is 10. The second-order valence-electron chi connectivity index (χ2n) is 20.8. The van der Waals surface area contributed by atoms with Crippen molar-refractivity contribution < 1.29 is 38.5 Å². The SMILES string of the molecule is Cc1ncsc1-c1ccc([C@H](C)NC(=O)[C@@H]2C[C@@H](O)CN2C(=O)[C@H](c2cc(OC/C=C/c3ccc(OC4CC(Oc5cc(N6C7CC[C@@H]6CN(c6cc(-c8ccccc8O)nnc6N)C7)ccn5)C4)cn3)no2)C(C)C)cn1. The van der Waals surface area contributed by atoms with E-state index in [4.69, 9.17) is 24.5 Å². The Morgan fingerprint density at radius 2 is 1.69 bits per heavy atom. The lowest BCUT2D eigenvalue weighted by atomic mass is 9.91. The van der Waals surface area contributed by atoms with Crippen LogP contribution in [0.2, 0.25) is 0 Å². The molecule has 404 valence electrons. The number of anilines is 3. The average molecular weight is 1080 g/mol. The number of ether oxygens (including phenoxy) is 3. The van der Waals surface area contributed by atoms with Crippen molar-refractivity contribution in [2.75, 3.05) is 41.8 Å². The van der Waals surface area contributed by atoms with Crippen LogP contribution in [0.3, 0.4) is 0 Å². The van der Waals surface area contributed by atoms with Crippen LogP contribution in [0.5, 0.6) is 23.3 Å². The summed E-state index contributed by atoms with van der Waals surface area (Å²) in [6.45, 7) is 9.32. The molecule has 0 radical (unpaired) electrons. The number of aliphatic hydroxyl groups excluding tert-OH is 1. The van der Waals surface area contributed by atoms with E-state index in [9.17, 15) is 19.8 Å². The van der Waals surface area contributed by atoms with Gasteiger partial charge in [-0.15, -0.1) is 21.5 Å². The van der Waals surface area contributed by atoms with E-state index < -0.39 is 24.1 Å². The number of aryl methyl sites for hydroxylation is 1. The van der Waals surface area contributed by atoms with Gasteiger partial charge in [0.05, 0.1) is 57.2 Å². The van der Waals surface area contributed by atoms with Crippen LogP contribution in [0.25, 0.3) is 27.9 Å². The van der Waals surface area contributed by atoms with Gasteiger partial charge in [-0.05, 0) is 97.9 Å². The monoisotopic (exact) mass is 1070 g/mol. The maximum Gasteiger partial charge on any atom is 0.254 e. The Morgan fingerprint density at radius 3 is 2.42 bits per heavy atom. The number of aliphatic hydroxyl groups is 1. The van der Waals surface area contributed by atoms with Crippen molar-refractivity contribution in [2.45, 2.75) is 108 Å². The molecule has 9 heterocycles. The number of pyridine rings is 3. The summed E-state index contributed by atoms with van der Waals surface area (Å²) in [5, 5.41) is 36.8. The van der Waals surface area contributed by atoms with E-state index in [0.29, 0.717) is 40.2 Å². The van der Waals surface area contributed by atoms with Gasteiger partial charge in [-0.2, -0.15) is 0 Å². The molecule has 3 saturated heterocycles. The van der Waals surface area contributed by atoms with Gasteiger partial charge in [0, 0.05) is 86.8 Å². The van der Waals surface area contributed by atoms with Crippen LogP contribution < -0.4 is 35.1 Å². The summed E-state index contributed by atoms with van der Waals surface area (Å²) in [6, 6.07) is 21.6. The molecule has 78 heavy (non-hydrogen) atoms. The summed E-state index contributed by atoms with van der Waals surface area (Å²) < 4.78 is 24.1. The van der Waals surface area contributed by atoms with E-state index in [1.54, 1.807) is 42.2 Å². The minimum absolute atomic E-state index is 0.0121. The van der Waals surface area contributed by atoms with Gasteiger partial charge >= 0.3 is 0 Å². The maximum absolute atomic E-state index is 14.2. The first-order chi connectivity index (χ1) is 37.8. The zero-order valence-corrected chi connectivity index (χ0v) is 44.6. The van der Waals surface area contributed by atoms with Gasteiger partial charge in [-0.25, -0.2) is 9.97 Å². The average Bonchev–Trinajstić information content (AvgIpc) is 4.28. The molecule has 4 aliphatic rings. The minimum atomic E-state index is -0.871. The molecular formula is C57H62N12O8S. The number of piperazine rings is 1. The summed E-state index contributed by atoms with van der Waals surface area (Å²) in [7, 11) is 0. The molecule has 2 amide bonds. The highest BCUT2D eigenvalue weighted by Gasteiger charge is 2.44. The largest absolute Gasteiger partial charge is 0.507 e. The van der Waals surface area contributed by atoms with Gasteiger partial charge in [0.15, 0.2) is 11.6 Å². The molecule has 2 bridgehead atoms. The molecule has 11 rings (SSSR count). The summed E-state index contributed by atoms with van der Waals surface area (Å²) in [4.78, 5) is 53.1. The number of likely N-dealkylation sites (tertiary alicyclic amines) is 1. The van der Waals surface area contributed by atoms with E-state index in [0.717, 1.165) is 72.0 Å². The molecule has 1 saturated carbocycles. The van der Waals surface area contributed by atoms with Gasteiger partial charge in [-0.1, -0.05) is 32.0 Å². The molecular weight excluding hydrogens is 1010 g/mol. The fraction of sp³-hybridized carbons (Fsp3) is 0.386. The molecule has 5 N–H and O–H groups in total. The first-order valence-electron chi connectivity index (χ1n) is 26.4. The smallest absolute Gasteiger partial charge is 0.254 e. The number of rotatable bonds is 18. The van der Waals surface area contributed by atoms with Gasteiger partial charge < -0.3 is 54.7 Å². The summed E-state index contributed by atoms with van der Waals surface area (Å²) >= 11 is 1.52. The number of nitrogens with two attached hydrogens (primary N) is 1. The van der Waals surface area contributed by atoms with Crippen molar-refractivity contribution in [1.82, 2.24) is 45.5 Å². The second-order valence-corrected chi connectivity index (χ2v) is 21.7. The summed E-state index contributed by atoms with van der Waals surface area (Å²) in [5.41, 5.74) is 14.5. The highest BCUT2D eigenvalue weighted by molar-refractivity contribution is 7.13. The number of para-hydroxylation sites is 1. The first-order valence-corrected chi connectivity index (χ1v) is 27.3. The number of nitrogens with one attached hydrogen (secondary N) is 1. The Morgan fingerprint density at radius 1 is 0.885 bits per heavy atom. The molecule has 0 spiro atoms. The Kier molecular flexibility index (Phi) is 14.9. The zero-order valence-electron chi connectivity index (χ0n) is 43.8. The number of β-amino-alcohol motifs (C(OH)–C–C–N with tert-alkyl or cyclic N) is 1. The van der Waals surface area contributed by atoms with Gasteiger partial charge in [-0.3, -0.25) is 19.6 Å². The number of thiazole rings is 1. The number of fused-ring (bicyclic) bond motifs is 2. The number of hydrogen-bond acceptors (Lipinski definition) is 19. The fourth-order valence-electron chi connectivity index (χ4n) is 11.0. The lowest BCUT2D eigenvalue weighted by Crippen LogP contribution is -2.54. The van der Waals surface area contributed by atoms with Gasteiger partial charge in [0.1, 0.15) is 42.3 Å². The van der Waals surface area contributed by atoms with Crippen molar-refractivity contribution in [3.63, 3.8) is 0 Å². The molecule has 3 aliphatic heterocycles. The van der Waals surface area contributed by atoms with E-state index in [1.165, 1.54) is 16.2 Å². The minimum Gasteiger partial charge on any atom is -0.507 e. The van der Waals surface area contributed by atoms with Gasteiger partial charge in [0.25, 0.3) is 5.88 Å². The molecule has 1 aromatic carbocycles. The van der Waals surface area contributed by atoms with E-state index in [2.05, 4.69) is 56.5 Å². The molecule has 1 aliphatic carbocycles. The van der Waals surface area contributed by atoms with Crippen LogP contribution in [0, 0.1) is 12.8 Å². The van der Waals surface area contributed by atoms with Crippen molar-refractivity contribution >= 4 is 46.4 Å². The first kappa shape index (κ1) is 51.9. The van der Waals surface area contributed by atoms with Crippen LogP contribution >= 0.6 is 11.3 Å². The Balaban J connectivity index is 0.623. The molecule has 7 aromatic rings. The van der Waals surface area contributed by atoms with Crippen molar-refractivity contribution in [2.24, 2.45) is 5.92 Å². The third kappa shape index (κ3) is 11.2. The van der Waals surface area contributed by atoms with Crippen molar-refractivity contribution in [3.05, 3.63) is 126 Å². The van der Waals surface area contributed by atoms with Crippen LogP contribution in [0.15, 0.2) is 107 Å². The molecule has 21 heteroatoms. The normalized spacial score (nSPS) is 21.6. The number of nitrogen functional groups attached to an aromatic ring is 1. The lowest BCUT2D eigenvalue weighted by Gasteiger charge is -2.43. The molecule has 1 unspecified atom stereocenters. The molecule has 6 aromatic heterocycles. The fourth-order valence-corrected chi connectivity index (χ4v) is 11.8. The maximum atomic E-state index is 14.2. The van der Waals surface area contributed by atoms with E-state index >= 15 is 0 Å². The van der Waals surface area contributed by atoms with Crippen LogP contribution in [-0.4, -0.2) is 125 Å². The highest BCUT2D eigenvalue weighted by atomic mass is 32.1. The molecule has 6 atom stereocenters. The van der Waals surface area contributed by atoms with Crippen LogP contribution in [0.4, 0.5) is 17.2 Å². The Labute approximate surface area is 455 Å². The highest BCUT2D eigenvalue weighted by Crippen LogP contribution is 2.41. The second kappa shape index (κ2) is 22.4. The molecule has 20 nitrogen and oxygen atoms in total. The van der Waals surface area contributed by atoms with Crippen molar-refractivity contribution in [1.29, 1.82) is 0 Å². The number of carbonyl (C=O) groups excluding carboxylic acids is 2. The topological polar surface area (TPSA) is 253 Å². The van der Waals surface area contributed by atoms with Crippen LogP contribution in [-0.2, 0) is 9.59 Å². The third-order valence-electron chi connectivity index (χ3n) is 15.1. The third-order valence-corrected chi connectivity index (χ3v) is 16.0. The lowest BCUT2D eigenvalue weighted by molar-refractivity contribution is -0.141. The number of aromatic hydroxyl groups is 1. The summed E-state index contributed by atoms with van der Waals surface area (Å²) in [5.74, 6) is 0.606. The van der Waals surface area contributed by atoms with Gasteiger partial charge in [0.2, 0.25) is 17.7 Å². The zero-order chi connectivity index (χ0) is 54.0. The van der Waals surface area contributed by atoms with E-state index in [-0.39, 0.29) is 73.2 Å². The summed E-state index contributed by atoms with van der Waals surface area (Å²) in [6.07, 6.45) is 11.6. The Hall–Kier alpha value is -8.17. The molecule has 4 fully saturated rings. The number of hydrogen-bond donors (Lipinski definition) is 4. The standard InChI is InChI=1S/C57H62N12O8S/c1-32(2)53(57(73)68-30-40(70)21-48(68)56(72)63-33(3)35-11-16-45(61-26-35)54-34(4)62-31-78-54)50-25-52(66-77-50)74-19-7-8-36-12-15-41(27-60-36)75-42-22-43(23-42)76-51-20-37(17-18-59-51)69-38-13-14-39(69)29-67(28-38)47-24-46(64-65-55(47)58)44-9-5-6-10-49(44)71/h5-12,15-18,20,24-27,31-33,38-40,42-43,48,53,70-71H,13-14,19,21-23,28-30H2,1-4H3,(H2,58,65)(H,63,72)/b8-7+/t33-,38+,39?,40+,42?,43?,48-,53-/m0/s1. The number of amides is 2. The predicted molar refractivity (Wildman–Crippen MR) is 293 cm³/mol. The van der Waals surface area contributed by atoms with Crippen molar-refractivity contribution in [3.8, 4) is 45.1 Å². The number of carbonyl (C=O) groups is 2. The quantitative estimate of drug-likeness (QED) is 0.0647. The number of phenols is 1. The Bertz CT molecular complexity index is 3260. The number of benzene rings is 1. The van der Waals surface area contributed by atoms with Crippen LogP contribution in [0.1, 0.15) is 87.5 Å². The number of aromatic nitrogens is 7.